The molecule has 1 aromatic carbocycles. The molecule has 0 aliphatic carbocycles. The zero-order valence-corrected chi connectivity index (χ0v) is 8.68. The maximum absolute atomic E-state index is 13.5. The summed E-state index contributed by atoms with van der Waals surface area (Å²) in [7, 11) is 1.36. The third-order valence-corrected chi connectivity index (χ3v) is 2.10. The molecular weight excluding hydrogens is 223 g/mol. The summed E-state index contributed by atoms with van der Waals surface area (Å²) >= 11 is 5.30. The number of alkyl halides is 1. The fourth-order valence-electron chi connectivity index (χ4n) is 1.10. The molecule has 1 aromatic rings. The van der Waals surface area contributed by atoms with Crippen LogP contribution >= 0.6 is 11.6 Å². The number of ketones is 1. The first-order valence-electron chi connectivity index (χ1n) is 4.06. The standard InChI is InChI=1S/C10H8ClFO3/c1-15-7-2-6(5-13)10(12)8(3-7)9(14)4-11/h2-3,5H,4H2,1H3. The third-order valence-electron chi connectivity index (χ3n) is 1.86. The molecule has 80 valence electrons. The van der Waals surface area contributed by atoms with Crippen LogP contribution in [0.1, 0.15) is 20.7 Å². The highest BCUT2D eigenvalue weighted by molar-refractivity contribution is 6.30. The van der Waals surface area contributed by atoms with Crippen molar-refractivity contribution in [2.24, 2.45) is 0 Å². The fraction of sp³-hybridized carbons (Fsp3) is 0.200. The van der Waals surface area contributed by atoms with Gasteiger partial charge in [-0.25, -0.2) is 4.39 Å². The molecule has 0 saturated carbocycles. The Labute approximate surface area is 90.8 Å². The maximum Gasteiger partial charge on any atom is 0.180 e. The van der Waals surface area contributed by atoms with Gasteiger partial charge in [0.15, 0.2) is 12.1 Å². The summed E-state index contributed by atoms with van der Waals surface area (Å²) in [6.45, 7) is 0. The van der Waals surface area contributed by atoms with Crippen molar-refractivity contribution in [1.29, 1.82) is 0 Å². The van der Waals surface area contributed by atoms with E-state index in [9.17, 15) is 14.0 Å². The van der Waals surface area contributed by atoms with Gasteiger partial charge < -0.3 is 4.74 Å². The largest absolute Gasteiger partial charge is 0.497 e. The number of carbonyl (C=O) groups is 2. The number of hydrogen-bond donors (Lipinski definition) is 0. The van der Waals surface area contributed by atoms with Gasteiger partial charge in [-0.2, -0.15) is 0 Å². The molecule has 0 heterocycles. The highest BCUT2D eigenvalue weighted by Crippen LogP contribution is 2.21. The quantitative estimate of drug-likeness (QED) is 0.452. The minimum Gasteiger partial charge on any atom is -0.497 e. The fourth-order valence-corrected chi connectivity index (χ4v) is 1.24. The number of methoxy groups -OCH3 is 1. The van der Waals surface area contributed by atoms with Crippen LogP contribution in [0.15, 0.2) is 12.1 Å². The van der Waals surface area contributed by atoms with Crippen LogP contribution in [-0.2, 0) is 0 Å². The molecule has 0 spiro atoms. The van der Waals surface area contributed by atoms with Crippen molar-refractivity contribution < 1.29 is 18.7 Å². The van der Waals surface area contributed by atoms with Crippen LogP contribution < -0.4 is 4.74 Å². The summed E-state index contributed by atoms with van der Waals surface area (Å²) in [5, 5.41) is 0. The van der Waals surface area contributed by atoms with Gasteiger partial charge in [0.05, 0.1) is 24.1 Å². The lowest BCUT2D eigenvalue weighted by molar-refractivity contribution is 0.101. The molecule has 0 amide bonds. The Balaban J connectivity index is 3.36. The Bertz CT molecular complexity index is 404. The number of carbonyl (C=O) groups excluding carboxylic acids is 2. The molecule has 0 bridgehead atoms. The Morgan fingerprint density at radius 3 is 2.73 bits per heavy atom. The molecule has 0 atom stereocenters. The molecule has 0 aromatic heterocycles. The molecule has 5 heteroatoms. The van der Waals surface area contributed by atoms with Crippen molar-refractivity contribution in [1.82, 2.24) is 0 Å². The summed E-state index contributed by atoms with van der Waals surface area (Å²) < 4.78 is 18.3. The molecule has 0 aliphatic heterocycles. The van der Waals surface area contributed by atoms with Crippen LogP contribution in [0.2, 0.25) is 0 Å². The monoisotopic (exact) mass is 230 g/mol. The number of Topliss-reactive ketones (excluding diaryl/α,β-unsaturated/α-hetero) is 1. The number of hydrogen-bond acceptors (Lipinski definition) is 3. The van der Waals surface area contributed by atoms with Crippen molar-refractivity contribution in [2.45, 2.75) is 0 Å². The highest BCUT2D eigenvalue weighted by atomic mass is 35.5. The van der Waals surface area contributed by atoms with Gasteiger partial charge in [0.1, 0.15) is 11.6 Å². The minimum absolute atomic E-state index is 0.220. The van der Waals surface area contributed by atoms with Crippen LogP contribution in [0, 0.1) is 5.82 Å². The van der Waals surface area contributed by atoms with Crippen molar-refractivity contribution in [3.63, 3.8) is 0 Å². The normalized spacial score (nSPS) is 9.80. The van der Waals surface area contributed by atoms with E-state index in [1.54, 1.807) is 0 Å². The van der Waals surface area contributed by atoms with E-state index in [-0.39, 0.29) is 22.8 Å². The van der Waals surface area contributed by atoms with E-state index in [0.717, 1.165) is 0 Å². The molecule has 1 rings (SSSR count). The molecular formula is C10H8ClFO3. The predicted molar refractivity (Wildman–Crippen MR) is 53.4 cm³/mol. The second-order valence-corrected chi connectivity index (χ2v) is 3.02. The number of ether oxygens (including phenoxy) is 1. The summed E-state index contributed by atoms with van der Waals surface area (Å²) in [6, 6.07) is 2.43. The third kappa shape index (κ3) is 2.33. The molecule has 3 nitrogen and oxygen atoms in total. The SMILES string of the molecule is COc1cc(C=O)c(F)c(C(=O)CCl)c1. The lowest BCUT2D eigenvalue weighted by Crippen LogP contribution is -2.06. The smallest absolute Gasteiger partial charge is 0.180 e. The topological polar surface area (TPSA) is 43.4 Å². The molecule has 0 fully saturated rings. The van der Waals surface area contributed by atoms with Crippen LogP contribution in [0.5, 0.6) is 5.75 Å². The van der Waals surface area contributed by atoms with Gasteiger partial charge in [-0.05, 0) is 12.1 Å². The zero-order chi connectivity index (χ0) is 11.4. The summed E-state index contributed by atoms with van der Waals surface area (Å²) in [5.41, 5.74) is -0.450. The molecule has 0 N–H and O–H groups in total. The van der Waals surface area contributed by atoms with Gasteiger partial charge >= 0.3 is 0 Å². The van der Waals surface area contributed by atoms with E-state index < -0.39 is 11.6 Å². The van der Waals surface area contributed by atoms with Gasteiger partial charge in [-0.3, -0.25) is 9.59 Å². The van der Waals surface area contributed by atoms with Crippen molar-refractivity contribution in [2.75, 3.05) is 13.0 Å². The van der Waals surface area contributed by atoms with E-state index in [1.165, 1.54) is 19.2 Å². The number of benzene rings is 1. The van der Waals surface area contributed by atoms with Gasteiger partial charge in [0.25, 0.3) is 0 Å². The van der Waals surface area contributed by atoms with Crippen LogP contribution in [0.25, 0.3) is 0 Å². The second-order valence-electron chi connectivity index (χ2n) is 2.75. The van der Waals surface area contributed by atoms with E-state index in [1.807, 2.05) is 0 Å². The lowest BCUT2D eigenvalue weighted by Gasteiger charge is -2.06. The Morgan fingerprint density at radius 2 is 2.27 bits per heavy atom. The van der Waals surface area contributed by atoms with E-state index in [2.05, 4.69) is 0 Å². The van der Waals surface area contributed by atoms with Crippen LogP contribution in [0.4, 0.5) is 4.39 Å². The summed E-state index contributed by atoms with van der Waals surface area (Å²) in [6.07, 6.45) is 0.322. The van der Waals surface area contributed by atoms with Gasteiger partial charge in [-0.1, -0.05) is 0 Å². The summed E-state index contributed by atoms with van der Waals surface area (Å²) in [4.78, 5) is 21.7. The van der Waals surface area contributed by atoms with Crippen molar-refractivity contribution in [3.05, 3.63) is 29.1 Å². The van der Waals surface area contributed by atoms with Gasteiger partial charge in [0, 0.05) is 0 Å². The number of halogens is 2. The average Bonchev–Trinajstić information content (AvgIpc) is 2.28. The Morgan fingerprint density at radius 1 is 1.60 bits per heavy atom. The van der Waals surface area contributed by atoms with Crippen molar-refractivity contribution in [3.8, 4) is 5.75 Å². The molecule has 0 unspecified atom stereocenters. The van der Waals surface area contributed by atoms with Crippen LogP contribution in [0.3, 0.4) is 0 Å². The lowest BCUT2D eigenvalue weighted by atomic mass is 10.1. The number of aldehydes is 1. The van der Waals surface area contributed by atoms with Gasteiger partial charge in [-0.15, -0.1) is 11.6 Å². The maximum atomic E-state index is 13.5. The highest BCUT2D eigenvalue weighted by Gasteiger charge is 2.16. The van der Waals surface area contributed by atoms with Crippen LogP contribution in [-0.4, -0.2) is 25.1 Å². The predicted octanol–water partition coefficient (Wildman–Crippen LogP) is 2.07. The van der Waals surface area contributed by atoms with E-state index in [4.69, 9.17) is 16.3 Å². The molecule has 15 heavy (non-hydrogen) atoms. The first-order valence-corrected chi connectivity index (χ1v) is 4.59. The second kappa shape index (κ2) is 4.89. The Kier molecular flexibility index (Phi) is 3.80. The van der Waals surface area contributed by atoms with Crippen molar-refractivity contribution >= 4 is 23.7 Å². The summed E-state index contributed by atoms with van der Waals surface area (Å²) in [5.74, 6) is -1.55. The molecule has 0 aliphatic rings. The van der Waals surface area contributed by atoms with E-state index >= 15 is 0 Å². The Hall–Kier alpha value is -1.42. The minimum atomic E-state index is -0.864. The van der Waals surface area contributed by atoms with Gasteiger partial charge in [0.2, 0.25) is 0 Å². The molecule has 0 saturated heterocycles. The number of rotatable bonds is 4. The first kappa shape index (κ1) is 11.7. The molecule has 0 radical (unpaired) electrons. The first-order chi connectivity index (χ1) is 7.13. The average molecular weight is 231 g/mol. The zero-order valence-electron chi connectivity index (χ0n) is 7.92. The van der Waals surface area contributed by atoms with E-state index in [0.29, 0.717) is 6.29 Å².